The summed E-state index contributed by atoms with van der Waals surface area (Å²) in [4.78, 5) is 0. The van der Waals surface area contributed by atoms with Gasteiger partial charge in [-0.2, -0.15) is 0 Å². The molecule has 0 fully saturated rings. The summed E-state index contributed by atoms with van der Waals surface area (Å²) in [5.74, 6) is -0.204. The lowest BCUT2D eigenvalue weighted by Gasteiger charge is -2.15. The summed E-state index contributed by atoms with van der Waals surface area (Å²) in [7, 11) is 1.90. The third-order valence-corrected chi connectivity index (χ3v) is 3.94. The van der Waals surface area contributed by atoms with Crippen LogP contribution in [0.4, 0.5) is 4.39 Å². The van der Waals surface area contributed by atoms with Gasteiger partial charge < -0.3 is 5.32 Å². The van der Waals surface area contributed by atoms with Crippen LogP contribution < -0.4 is 5.32 Å². The zero-order valence-corrected chi connectivity index (χ0v) is 11.1. The fourth-order valence-corrected chi connectivity index (χ4v) is 2.86. The van der Waals surface area contributed by atoms with Gasteiger partial charge in [-0.25, -0.2) is 4.39 Å². The Hall–Kier alpha value is -0.710. The Morgan fingerprint density at radius 3 is 2.44 bits per heavy atom. The zero-order valence-electron chi connectivity index (χ0n) is 8.71. The Morgan fingerprint density at radius 2 is 1.94 bits per heavy atom. The molecule has 0 radical (unpaired) electrons. The fraction of sp³-hybridized carbons (Fsp3) is 0.167. The topological polar surface area (TPSA) is 12.0 Å². The first-order valence-corrected chi connectivity index (χ1v) is 6.54. The van der Waals surface area contributed by atoms with E-state index in [9.17, 15) is 4.39 Å². The third kappa shape index (κ3) is 2.51. The second-order valence-corrected chi connectivity index (χ2v) is 5.75. The van der Waals surface area contributed by atoms with Gasteiger partial charge >= 0.3 is 0 Å². The van der Waals surface area contributed by atoms with Crippen molar-refractivity contribution in [2.75, 3.05) is 7.05 Å². The van der Waals surface area contributed by atoms with Gasteiger partial charge in [0, 0.05) is 0 Å². The quantitative estimate of drug-likeness (QED) is 0.905. The first-order valence-electron chi connectivity index (χ1n) is 4.87. The van der Waals surface area contributed by atoms with Crippen molar-refractivity contribution in [2.45, 2.75) is 6.04 Å². The first-order chi connectivity index (χ1) is 7.70. The highest BCUT2D eigenvalue weighted by Gasteiger charge is 2.13. The van der Waals surface area contributed by atoms with Crippen molar-refractivity contribution < 1.29 is 4.39 Å². The molecule has 2 rings (SSSR count). The molecule has 0 spiro atoms. The van der Waals surface area contributed by atoms with Gasteiger partial charge in [-0.05, 0) is 57.7 Å². The van der Waals surface area contributed by atoms with Crippen LogP contribution in [0.2, 0.25) is 0 Å². The van der Waals surface area contributed by atoms with Crippen molar-refractivity contribution in [2.24, 2.45) is 0 Å². The smallest absolute Gasteiger partial charge is 0.123 e. The van der Waals surface area contributed by atoms with Crippen molar-refractivity contribution in [1.29, 1.82) is 0 Å². The van der Waals surface area contributed by atoms with Crippen molar-refractivity contribution in [3.63, 3.8) is 0 Å². The lowest BCUT2D eigenvalue weighted by atomic mass is 10.0. The maximum absolute atomic E-state index is 12.8. The number of hydrogen-bond donors (Lipinski definition) is 1. The summed E-state index contributed by atoms with van der Waals surface area (Å²) in [6, 6.07) is 8.78. The molecule has 1 unspecified atom stereocenters. The predicted octanol–water partition coefficient (Wildman–Crippen LogP) is 3.96. The highest BCUT2D eigenvalue weighted by molar-refractivity contribution is 9.11. The Balaban J connectivity index is 2.32. The molecule has 16 heavy (non-hydrogen) atoms. The Kier molecular flexibility index (Phi) is 3.74. The van der Waals surface area contributed by atoms with Crippen molar-refractivity contribution in [3.05, 3.63) is 56.4 Å². The molecule has 0 aliphatic rings. The van der Waals surface area contributed by atoms with E-state index in [2.05, 4.69) is 32.7 Å². The summed E-state index contributed by atoms with van der Waals surface area (Å²) in [6.45, 7) is 0. The van der Waals surface area contributed by atoms with Crippen LogP contribution in [-0.2, 0) is 0 Å². The molecule has 4 heteroatoms. The fourth-order valence-electron chi connectivity index (χ4n) is 1.66. The highest BCUT2D eigenvalue weighted by atomic mass is 79.9. The molecule has 0 bridgehead atoms. The van der Waals surface area contributed by atoms with Gasteiger partial charge in [-0.1, -0.05) is 12.1 Å². The maximum Gasteiger partial charge on any atom is 0.123 e. The molecule has 0 saturated carbocycles. The molecule has 1 atom stereocenters. The molecule has 0 aliphatic heterocycles. The number of benzene rings is 1. The van der Waals surface area contributed by atoms with Gasteiger partial charge in [-0.3, -0.25) is 0 Å². The Bertz CT molecular complexity index is 466. The SMILES string of the molecule is CNC(c1ccc(F)cc1)c1csc(Br)c1. The molecule has 0 aliphatic carbocycles. The molecular formula is C12H11BrFNS. The normalized spacial score (nSPS) is 12.7. The van der Waals surface area contributed by atoms with Crippen LogP contribution in [-0.4, -0.2) is 7.05 Å². The van der Waals surface area contributed by atoms with E-state index in [0.717, 1.165) is 9.35 Å². The van der Waals surface area contributed by atoms with Crippen LogP contribution in [0.5, 0.6) is 0 Å². The number of rotatable bonds is 3. The van der Waals surface area contributed by atoms with Crippen LogP contribution in [0.1, 0.15) is 17.2 Å². The van der Waals surface area contributed by atoms with Crippen LogP contribution in [0.3, 0.4) is 0 Å². The molecule has 2 aromatic rings. The molecule has 0 amide bonds. The van der Waals surface area contributed by atoms with Gasteiger partial charge in [0.1, 0.15) is 5.82 Å². The lowest BCUT2D eigenvalue weighted by molar-refractivity contribution is 0.623. The van der Waals surface area contributed by atoms with E-state index in [1.807, 2.05) is 19.2 Å². The van der Waals surface area contributed by atoms with E-state index in [4.69, 9.17) is 0 Å². The summed E-state index contributed by atoms with van der Waals surface area (Å²) in [6.07, 6.45) is 0. The summed E-state index contributed by atoms with van der Waals surface area (Å²) < 4.78 is 13.9. The molecule has 1 aromatic heterocycles. The monoisotopic (exact) mass is 299 g/mol. The van der Waals surface area contributed by atoms with Crippen LogP contribution in [0, 0.1) is 5.82 Å². The Labute approximate surface area is 106 Å². The maximum atomic E-state index is 12.8. The molecular weight excluding hydrogens is 289 g/mol. The van der Waals surface area contributed by atoms with E-state index < -0.39 is 0 Å². The standard InChI is InChI=1S/C12H11BrFNS/c1-15-12(9-6-11(13)16-7-9)8-2-4-10(14)5-3-8/h2-7,12,15H,1H3. The van der Waals surface area contributed by atoms with Gasteiger partial charge in [0.25, 0.3) is 0 Å². The van der Waals surface area contributed by atoms with Gasteiger partial charge in [-0.15, -0.1) is 11.3 Å². The minimum atomic E-state index is -0.204. The van der Waals surface area contributed by atoms with Gasteiger partial charge in [0.2, 0.25) is 0 Å². The van der Waals surface area contributed by atoms with E-state index in [1.54, 1.807) is 11.3 Å². The lowest BCUT2D eigenvalue weighted by Crippen LogP contribution is -2.16. The largest absolute Gasteiger partial charge is 0.309 e. The van der Waals surface area contributed by atoms with Gasteiger partial charge in [0.05, 0.1) is 9.83 Å². The molecule has 84 valence electrons. The van der Waals surface area contributed by atoms with Crippen molar-refractivity contribution >= 4 is 27.3 Å². The highest BCUT2D eigenvalue weighted by Crippen LogP contribution is 2.29. The van der Waals surface area contributed by atoms with E-state index in [-0.39, 0.29) is 11.9 Å². The average Bonchev–Trinajstić information content (AvgIpc) is 2.69. The molecule has 1 heterocycles. The van der Waals surface area contributed by atoms with Gasteiger partial charge in [0.15, 0.2) is 0 Å². The van der Waals surface area contributed by atoms with Crippen LogP contribution in [0.25, 0.3) is 0 Å². The minimum Gasteiger partial charge on any atom is -0.309 e. The number of hydrogen-bond acceptors (Lipinski definition) is 2. The minimum absolute atomic E-state index is 0.114. The predicted molar refractivity (Wildman–Crippen MR) is 69.3 cm³/mol. The summed E-state index contributed by atoms with van der Waals surface area (Å²) in [5, 5.41) is 5.32. The number of nitrogens with one attached hydrogen (secondary N) is 1. The summed E-state index contributed by atoms with van der Waals surface area (Å²) in [5.41, 5.74) is 2.25. The third-order valence-electron chi connectivity index (χ3n) is 2.41. The zero-order chi connectivity index (χ0) is 11.5. The number of halogens is 2. The van der Waals surface area contributed by atoms with E-state index in [0.29, 0.717) is 0 Å². The second kappa shape index (κ2) is 5.08. The summed E-state index contributed by atoms with van der Waals surface area (Å²) >= 11 is 5.09. The molecule has 1 N–H and O–H groups in total. The van der Waals surface area contributed by atoms with E-state index >= 15 is 0 Å². The Morgan fingerprint density at radius 1 is 1.25 bits per heavy atom. The van der Waals surface area contributed by atoms with Crippen molar-refractivity contribution in [3.8, 4) is 0 Å². The first kappa shape index (κ1) is 11.8. The molecule has 0 saturated heterocycles. The molecule has 1 aromatic carbocycles. The molecule has 1 nitrogen and oxygen atoms in total. The number of thiophene rings is 1. The average molecular weight is 300 g/mol. The van der Waals surface area contributed by atoms with Crippen LogP contribution in [0.15, 0.2) is 39.5 Å². The van der Waals surface area contributed by atoms with E-state index in [1.165, 1.54) is 17.7 Å². The van der Waals surface area contributed by atoms with Crippen LogP contribution >= 0.6 is 27.3 Å². The second-order valence-electron chi connectivity index (χ2n) is 3.46. The van der Waals surface area contributed by atoms with Crippen molar-refractivity contribution in [1.82, 2.24) is 5.32 Å².